The maximum absolute atomic E-state index is 8.71. The Labute approximate surface area is 122 Å². The van der Waals surface area contributed by atoms with E-state index in [0.717, 1.165) is 12.8 Å². The SMILES string of the molecule is CC(C)c1cc(C2(Oc3ccc(C#N)nn3)CC2)cs1. The number of aromatic nitrogens is 2. The van der Waals surface area contributed by atoms with Crippen molar-refractivity contribution in [1.29, 1.82) is 5.26 Å². The van der Waals surface area contributed by atoms with Gasteiger partial charge in [0.15, 0.2) is 5.69 Å². The summed E-state index contributed by atoms with van der Waals surface area (Å²) >= 11 is 1.78. The van der Waals surface area contributed by atoms with Crippen LogP contribution in [0.2, 0.25) is 0 Å². The van der Waals surface area contributed by atoms with Crippen molar-refractivity contribution >= 4 is 11.3 Å². The summed E-state index contributed by atoms with van der Waals surface area (Å²) in [6, 6.07) is 7.53. The Hall–Kier alpha value is -1.93. The molecule has 1 saturated carbocycles. The van der Waals surface area contributed by atoms with Gasteiger partial charge in [-0.3, -0.25) is 0 Å². The second kappa shape index (κ2) is 4.88. The first kappa shape index (κ1) is 13.1. The standard InChI is InChI=1S/C15H15N3OS/c1-10(2)13-7-11(9-20-13)15(5-6-15)19-14-4-3-12(8-16)17-18-14/h3-4,7,9-10H,5-6H2,1-2H3. The minimum Gasteiger partial charge on any atom is -0.465 e. The van der Waals surface area contributed by atoms with Gasteiger partial charge in [-0.2, -0.15) is 5.26 Å². The molecule has 0 atom stereocenters. The average molecular weight is 285 g/mol. The summed E-state index contributed by atoms with van der Waals surface area (Å²) in [6.07, 6.45) is 2.01. The van der Waals surface area contributed by atoms with Crippen LogP contribution in [-0.4, -0.2) is 10.2 Å². The van der Waals surface area contributed by atoms with Gasteiger partial charge in [-0.05, 0) is 36.3 Å². The van der Waals surface area contributed by atoms with Gasteiger partial charge in [-0.1, -0.05) is 13.8 Å². The van der Waals surface area contributed by atoms with E-state index < -0.39 is 0 Å². The molecule has 3 rings (SSSR count). The highest BCUT2D eigenvalue weighted by molar-refractivity contribution is 7.10. The minimum absolute atomic E-state index is 0.230. The van der Waals surface area contributed by atoms with E-state index in [0.29, 0.717) is 17.5 Å². The largest absolute Gasteiger partial charge is 0.465 e. The van der Waals surface area contributed by atoms with Crippen LogP contribution >= 0.6 is 11.3 Å². The summed E-state index contributed by atoms with van der Waals surface area (Å²) in [7, 11) is 0. The Kier molecular flexibility index (Phi) is 3.19. The van der Waals surface area contributed by atoms with Crippen LogP contribution < -0.4 is 4.74 Å². The lowest BCUT2D eigenvalue weighted by Gasteiger charge is -2.15. The van der Waals surface area contributed by atoms with Crippen LogP contribution in [0.5, 0.6) is 5.88 Å². The molecule has 0 unspecified atom stereocenters. The molecule has 0 radical (unpaired) electrons. The van der Waals surface area contributed by atoms with E-state index in [1.165, 1.54) is 10.4 Å². The molecule has 2 heterocycles. The molecule has 2 aromatic heterocycles. The summed E-state index contributed by atoms with van der Waals surface area (Å²) in [5.41, 5.74) is 1.31. The number of thiophene rings is 1. The van der Waals surface area contributed by atoms with Crippen molar-refractivity contribution in [3.8, 4) is 11.9 Å². The molecule has 0 aliphatic heterocycles. The molecule has 0 saturated heterocycles. The quantitative estimate of drug-likeness (QED) is 0.861. The van der Waals surface area contributed by atoms with E-state index in [1.54, 1.807) is 23.5 Å². The van der Waals surface area contributed by atoms with Gasteiger partial charge in [-0.15, -0.1) is 21.5 Å². The second-order valence-corrected chi connectivity index (χ2v) is 6.30. The molecule has 2 aromatic rings. The normalized spacial score (nSPS) is 15.9. The number of ether oxygens (including phenoxy) is 1. The first-order valence-corrected chi connectivity index (χ1v) is 7.53. The lowest BCUT2D eigenvalue weighted by molar-refractivity contribution is 0.171. The second-order valence-electron chi connectivity index (χ2n) is 5.36. The molecular weight excluding hydrogens is 270 g/mol. The van der Waals surface area contributed by atoms with Crippen LogP contribution in [0, 0.1) is 11.3 Å². The fraction of sp³-hybridized carbons (Fsp3) is 0.400. The van der Waals surface area contributed by atoms with Crippen LogP contribution in [0.4, 0.5) is 0 Å². The lowest BCUT2D eigenvalue weighted by atomic mass is 10.1. The van der Waals surface area contributed by atoms with E-state index in [2.05, 4.69) is 35.5 Å². The summed E-state index contributed by atoms with van der Waals surface area (Å²) in [5.74, 6) is 1.03. The molecule has 0 aromatic carbocycles. The fourth-order valence-corrected chi connectivity index (χ4v) is 3.10. The Morgan fingerprint density at radius 3 is 2.65 bits per heavy atom. The zero-order chi connectivity index (χ0) is 14.2. The van der Waals surface area contributed by atoms with Crippen molar-refractivity contribution in [1.82, 2.24) is 10.2 Å². The predicted octanol–water partition coefficient (Wildman–Crippen LogP) is 3.60. The molecule has 102 valence electrons. The van der Waals surface area contributed by atoms with Gasteiger partial charge < -0.3 is 4.74 Å². The van der Waals surface area contributed by atoms with E-state index in [-0.39, 0.29) is 5.60 Å². The monoisotopic (exact) mass is 285 g/mol. The summed E-state index contributed by atoms with van der Waals surface area (Å²) < 4.78 is 6.02. The van der Waals surface area contributed by atoms with Gasteiger partial charge in [0.05, 0.1) is 0 Å². The zero-order valence-electron chi connectivity index (χ0n) is 11.5. The zero-order valence-corrected chi connectivity index (χ0v) is 12.3. The summed E-state index contributed by atoms with van der Waals surface area (Å²) in [4.78, 5) is 1.38. The number of hydrogen-bond acceptors (Lipinski definition) is 5. The fourth-order valence-electron chi connectivity index (χ4n) is 2.09. The smallest absolute Gasteiger partial charge is 0.234 e. The highest BCUT2D eigenvalue weighted by Gasteiger charge is 2.48. The van der Waals surface area contributed by atoms with Gasteiger partial charge in [-0.25, -0.2) is 0 Å². The average Bonchev–Trinajstić information content (AvgIpc) is 3.04. The topological polar surface area (TPSA) is 58.8 Å². The van der Waals surface area contributed by atoms with Gasteiger partial charge >= 0.3 is 0 Å². The van der Waals surface area contributed by atoms with Crippen molar-refractivity contribution in [2.45, 2.75) is 38.2 Å². The Morgan fingerprint density at radius 2 is 2.15 bits per heavy atom. The van der Waals surface area contributed by atoms with Crippen LogP contribution in [0.3, 0.4) is 0 Å². The van der Waals surface area contributed by atoms with Crippen molar-refractivity contribution in [3.63, 3.8) is 0 Å². The first-order valence-electron chi connectivity index (χ1n) is 6.65. The Morgan fingerprint density at radius 1 is 1.35 bits per heavy atom. The number of nitriles is 1. The number of nitrogens with zero attached hydrogens (tertiary/aromatic N) is 3. The molecule has 1 fully saturated rings. The van der Waals surface area contributed by atoms with E-state index in [4.69, 9.17) is 10.00 Å². The Bertz CT molecular complexity index is 651. The molecular formula is C15H15N3OS. The van der Waals surface area contributed by atoms with Gasteiger partial charge in [0.25, 0.3) is 0 Å². The Balaban J connectivity index is 1.80. The number of hydrogen-bond donors (Lipinski definition) is 0. The molecule has 0 N–H and O–H groups in total. The van der Waals surface area contributed by atoms with Crippen molar-refractivity contribution in [2.75, 3.05) is 0 Å². The van der Waals surface area contributed by atoms with Crippen LogP contribution in [0.1, 0.15) is 48.7 Å². The third kappa shape index (κ3) is 2.39. The van der Waals surface area contributed by atoms with Crippen LogP contribution in [0.25, 0.3) is 0 Å². The first-order chi connectivity index (χ1) is 9.63. The third-order valence-electron chi connectivity index (χ3n) is 3.47. The third-order valence-corrected chi connectivity index (χ3v) is 4.71. The lowest BCUT2D eigenvalue weighted by Crippen LogP contribution is -2.15. The van der Waals surface area contributed by atoms with Crippen molar-refractivity contribution < 1.29 is 4.74 Å². The molecule has 1 aliphatic carbocycles. The van der Waals surface area contributed by atoms with Crippen molar-refractivity contribution in [3.05, 3.63) is 39.7 Å². The van der Waals surface area contributed by atoms with Gasteiger partial charge in [0.1, 0.15) is 11.7 Å². The van der Waals surface area contributed by atoms with Gasteiger partial charge in [0.2, 0.25) is 5.88 Å². The van der Waals surface area contributed by atoms with Crippen LogP contribution in [-0.2, 0) is 5.60 Å². The van der Waals surface area contributed by atoms with Gasteiger partial charge in [0, 0.05) is 16.5 Å². The summed E-state index contributed by atoms with van der Waals surface area (Å²) in [5, 5.41) is 18.6. The van der Waals surface area contributed by atoms with Crippen LogP contribution in [0.15, 0.2) is 23.6 Å². The molecule has 0 spiro atoms. The molecule has 5 heteroatoms. The summed E-state index contributed by atoms with van der Waals surface area (Å²) in [6.45, 7) is 4.39. The number of rotatable bonds is 4. The molecule has 0 bridgehead atoms. The maximum atomic E-state index is 8.71. The molecule has 0 amide bonds. The van der Waals surface area contributed by atoms with E-state index in [1.807, 2.05) is 6.07 Å². The predicted molar refractivity (Wildman–Crippen MR) is 76.7 cm³/mol. The maximum Gasteiger partial charge on any atom is 0.234 e. The van der Waals surface area contributed by atoms with E-state index >= 15 is 0 Å². The highest BCUT2D eigenvalue weighted by atomic mass is 32.1. The minimum atomic E-state index is -0.230. The molecule has 1 aliphatic rings. The molecule has 20 heavy (non-hydrogen) atoms. The molecule has 4 nitrogen and oxygen atoms in total. The van der Waals surface area contributed by atoms with E-state index in [9.17, 15) is 0 Å². The van der Waals surface area contributed by atoms with Crippen molar-refractivity contribution in [2.24, 2.45) is 0 Å². The highest BCUT2D eigenvalue weighted by Crippen LogP contribution is 2.50.